The van der Waals surface area contributed by atoms with E-state index in [-0.39, 0.29) is 24.0 Å². The Morgan fingerprint density at radius 3 is 2.75 bits per heavy atom. The molecule has 0 amide bonds. The molecular weight excluding hydrogens is 264 g/mol. The van der Waals surface area contributed by atoms with Gasteiger partial charge in [0, 0.05) is 24.1 Å². The molecule has 1 aromatic carbocycles. The van der Waals surface area contributed by atoms with E-state index in [0.717, 1.165) is 31.7 Å². The average Bonchev–Trinajstić information content (AvgIpc) is 3.13. The summed E-state index contributed by atoms with van der Waals surface area (Å²) in [6.07, 6.45) is 4.38. The minimum Gasteiger partial charge on any atom is -0.487 e. The van der Waals surface area contributed by atoms with Crippen LogP contribution >= 0.6 is 0 Å². The van der Waals surface area contributed by atoms with Crippen LogP contribution in [0.15, 0.2) is 18.2 Å². The van der Waals surface area contributed by atoms with Crippen molar-refractivity contribution >= 4 is 0 Å². The molecule has 2 fully saturated rings. The predicted octanol–water partition coefficient (Wildman–Crippen LogP) is 2.38. The summed E-state index contributed by atoms with van der Waals surface area (Å²) in [5, 5.41) is 13.1. The Bertz CT molecular complexity index is 493. The second-order valence-electron chi connectivity index (χ2n) is 5.91. The molecule has 110 valence electrons. The van der Waals surface area contributed by atoms with Gasteiger partial charge in [0.2, 0.25) is 0 Å². The minimum absolute atomic E-state index is 0.0647. The van der Waals surface area contributed by atoms with E-state index in [1.807, 2.05) is 0 Å². The molecule has 2 N–H and O–H groups in total. The van der Waals surface area contributed by atoms with Crippen LogP contribution < -0.4 is 10.1 Å². The topological polar surface area (TPSA) is 41.5 Å². The van der Waals surface area contributed by atoms with Gasteiger partial charge in [-0.15, -0.1) is 0 Å². The van der Waals surface area contributed by atoms with Crippen LogP contribution in [-0.2, 0) is 0 Å². The fraction of sp³-hybridized carbons (Fsp3) is 0.600. The molecule has 2 saturated carbocycles. The van der Waals surface area contributed by atoms with Gasteiger partial charge >= 0.3 is 0 Å². The molecular formula is C15H19F2NO2. The summed E-state index contributed by atoms with van der Waals surface area (Å²) in [4.78, 5) is 0. The first-order valence-electron chi connectivity index (χ1n) is 7.10. The van der Waals surface area contributed by atoms with E-state index < -0.39 is 11.6 Å². The molecule has 5 heteroatoms. The van der Waals surface area contributed by atoms with E-state index in [1.54, 1.807) is 0 Å². The quantitative estimate of drug-likeness (QED) is 0.872. The van der Waals surface area contributed by atoms with Gasteiger partial charge in [-0.05, 0) is 37.8 Å². The van der Waals surface area contributed by atoms with Crippen molar-refractivity contribution in [1.82, 2.24) is 5.32 Å². The normalized spacial score (nSPS) is 29.6. The van der Waals surface area contributed by atoms with Crippen molar-refractivity contribution in [2.24, 2.45) is 0 Å². The molecule has 0 aliphatic heterocycles. The highest BCUT2D eigenvalue weighted by Crippen LogP contribution is 2.36. The summed E-state index contributed by atoms with van der Waals surface area (Å²) in [6, 6.07) is 3.84. The van der Waals surface area contributed by atoms with Gasteiger partial charge in [-0.25, -0.2) is 8.78 Å². The summed E-state index contributed by atoms with van der Waals surface area (Å²) < 4.78 is 32.0. The average molecular weight is 283 g/mol. The molecule has 2 aliphatic carbocycles. The van der Waals surface area contributed by atoms with E-state index in [4.69, 9.17) is 4.74 Å². The number of nitrogens with one attached hydrogen (secondary N) is 1. The second-order valence-corrected chi connectivity index (χ2v) is 5.91. The molecule has 2 atom stereocenters. The standard InChI is InChI=1S/C15H19F2NO2/c16-10-1-4-14(13(17)7-10)20-12-5-6-15(8-12,9-19)18-11-2-3-11/h1,4,7,11-12,18-19H,2-3,5-6,8-9H2. The molecule has 3 rings (SSSR count). The van der Waals surface area contributed by atoms with Crippen LogP contribution in [0.1, 0.15) is 32.1 Å². The highest BCUT2D eigenvalue weighted by Gasteiger charge is 2.43. The first-order valence-corrected chi connectivity index (χ1v) is 7.10. The fourth-order valence-corrected chi connectivity index (χ4v) is 2.91. The Labute approximate surface area is 116 Å². The molecule has 20 heavy (non-hydrogen) atoms. The van der Waals surface area contributed by atoms with Gasteiger partial charge in [-0.1, -0.05) is 0 Å². The maximum atomic E-state index is 13.6. The summed E-state index contributed by atoms with van der Waals surface area (Å²) in [6.45, 7) is 0.0647. The minimum atomic E-state index is -0.679. The molecule has 0 spiro atoms. The molecule has 3 nitrogen and oxygen atoms in total. The lowest BCUT2D eigenvalue weighted by Gasteiger charge is -2.28. The van der Waals surface area contributed by atoms with Crippen LogP contribution in [-0.4, -0.2) is 29.4 Å². The zero-order valence-electron chi connectivity index (χ0n) is 11.2. The van der Waals surface area contributed by atoms with Gasteiger partial charge in [0.15, 0.2) is 11.6 Å². The van der Waals surface area contributed by atoms with Crippen molar-refractivity contribution in [2.45, 2.75) is 49.8 Å². The number of aliphatic hydroxyl groups is 1. The lowest BCUT2D eigenvalue weighted by atomic mass is 9.98. The van der Waals surface area contributed by atoms with Gasteiger partial charge in [0.05, 0.1) is 6.61 Å². The van der Waals surface area contributed by atoms with E-state index >= 15 is 0 Å². The van der Waals surface area contributed by atoms with Crippen LogP contribution in [0.4, 0.5) is 8.78 Å². The number of aliphatic hydroxyl groups excluding tert-OH is 1. The first kappa shape index (κ1) is 13.8. The van der Waals surface area contributed by atoms with Crippen molar-refractivity contribution < 1.29 is 18.6 Å². The van der Waals surface area contributed by atoms with E-state index in [9.17, 15) is 13.9 Å². The maximum Gasteiger partial charge on any atom is 0.167 e. The Morgan fingerprint density at radius 2 is 2.10 bits per heavy atom. The largest absolute Gasteiger partial charge is 0.487 e. The van der Waals surface area contributed by atoms with Crippen molar-refractivity contribution in [1.29, 1.82) is 0 Å². The highest BCUT2D eigenvalue weighted by atomic mass is 19.1. The van der Waals surface area contributed by atoms with Gasteiger partial charge in [-0.2, -0.15) is 0 Å². The molecule has 1 aromatic rings. The number of hydrogen-bond acceptors (Lipinski definition) is 3. The second kappa shape index (κ2) is 5.30. The third-order valence-corrected chi connectivity index (χ3v) is 4.14. The van der Waals surface area contributed by atoms with Gasteiger partial charge in [0.25, 0.3) is 0 Å². The highest BCUT2D eigenvalue weighted by molar-refractivity contribution is 5.25. The van der Waals surface area contributed by atoms with Gasteiger partial charge in [0.1, 0.15) is 11.9 Å². The van der Waals surface area contributed by atoms with E-state index in [1.165, 1.54) is 12.1 Å². The third kappa shape index (κ3) is 2.94. The number of halogens is 2. The number of benzene rings is 1. The third-order valence-electron chi connectivity index (χ3n) is 4.14. The molecule has 0 heterocycles. The predicted molar refractivity (Wildman–Crippen MR) is 70.6 cm³/mol. The Morgan fingerprint density at radius 1 is 1.30 bits per heavy atom. The van der Waals surface area contributed by atoms with Crippen LogP contribution in [0, 0.1) is 11.6 Å². The molecule has 0 aromatic heterocycles. The SMILES string of the molecule is OCC1(NC2CC2)CCC(Oc2ccc(F)cc2F)C1. The molecule has 0 saturated heterocycles. The summed E-state index contributed by atoms with van der Waals surface area (Å²) in [5.74, 6) is -1.21. The Balaban J connectivity index is 1.64. The molecule has 2 unspecified atom stereocenters. The number of ether oxygens (including phenoxy) is 1. The van der Waals surface area contributed by atoms with E-state index in [2.05, 4.69) is 5.32 Å². The Kier molecular flexibility index (Phi) is 3.65. The summed E-state index contributed by atoms with van der Waals surface area (Å²) in [7, 11) is 0. The number of rotatable bonds is 5. The van der Waals surface area contributed by atoms with Crippen LogP contribution in [0.25, 0.3) is 0 Å². The van der Waals surface area contributed by atoms with Crippen LogP contribution in [0.2, 0.25) is 0 Å². The summed E-state index contributed by atoms with van der Waals surface area (Å²) in [5.41, 5.74) is -0.303. The van der Waals surface area contributed by atoms with Crippen molar-refractivity contribution in [2.75, 3.05) is 6.61 Å². The smallest absolute Gasteiger partial charge is 0.167 e. The van der Waals surface area contributed by atoms with Crippen molar-refractivity contribution in [3.8, 4) is 5.75 Å². The fourth-order valence-electron chi connectivity index (χ4n) is 2.91. The maximum absolute atomic E-state index is 13.6. The first-order chi connectivity index (χ1) is 9.60. The van der Waals surface area contributed by atoms with Crippen molar-refractivity contribution in [3.05, 3.63) is 29.8 Å². The molecule has 0 radical (unpaired) electrons. The number of hydrogen-bond donors (Lipinski definition) is 2. The zero-order chi connectivity index (χ0) is 14.2. The summed E-state index contributed by atoms with van der Waals surface area (Å²) >= 11 is 0. The zero-order valence-corrected chi connectivity index (χ0v) is 11.2. The lowest BCUT2D eigenvalue weighted by Crippen LogP contribution is -2.48. The Hall–Kier alpha value is -1.20. The van der Waals surface area contributed by atoms with Gasteiger partial charge < -0.3 is 15.2 Å². The van der Waals surface area contributed by atoms with Crippen LogP contribution in [0.3, 0.4) is 0 Å². The van der Waals surface area contributed by atoms with Crippen LogP contribution in [0.5, 0.6) is 5.75 Å². The van der Waals surface area contributed by atoms with Crippen molar-refractivity contribution in [3.63, 3.8) is 0 Å². The molecule has 0 bridgehead atoms. The van der Waals surface area contributed by atoms with E-state index in [0.29, 0.717) is 12.5 Å². The monoisotopic (exact) mass is 283 g/mol. The van der Waals surface area contributed by atoms with Gasteiger partial charge in [-0.3, -0.25) is 0 Å². The lowest BCUT2D eigenvalue weighted by molar-refractivity contribution is 0.137. The molecule has 2 aliphatic rings.